The zero-order valence-electron chi connectivity index (χ0n) is 26.8. The van der Waals surface area contributed by atoms with Gasteiger partial charge < -0.3 is 0 Å². The zero-order chi connectivity index (χ0) is 36.7. The van der Waals surface area contributed by atoms with E-state index in [-0.39, 0.29) is 11.4 Å². The summed E-state index contributed by atoms with van der Waals surface area (Å²) < 4.78 is 80.6. The number of aromatic nitrogens is 5. The highest BCUT2D eigenvalue weighted by Gasteiger charge is 2.31. The molecule has 2 aromatic carbocycles. The fraction of sp³-hybridized carbons (Fsp3) is 0.103. The van der Waals surface area contributed by atoms with E-state index < -0.39 is 23.5 Å². The highest BCUT2D eigenvalue weighted by molar-refractivity contribution is 7.98. The third-order valence-electron chi connectivity index (χ3n) is 7.36. The second-order valence-corrected chi connectivity index (χ2v) is 12.2. The summed E-state index contributed by atoms with van der Waals surface area (Å²) in [6, 6.07) is 26.7. The maximum atomic E-state index is 12.9. The molecule has 52 heavy (non-hydrogen) atoms. The molecule has 5 heterocycles. The lowest BCUT2D eigenvalue weighted by Crippen LogP contribution is -2.04. The number of thioether (sulfide) groups is 1. The minimum atomic E-state index is -4.40. The molecule has 0 N–H and O–H groups in total. The number of imidazole rings is 2. The van der Waals surface area contributed by atoms with Gasteiger partial charge in [-0.2, -0.15) is 26.3 Å². The number of fused-ring (bicyclic) bond motifs is 2. The van der Waals surface area contributed by atoms with Crippen LogP contribution in [-0.4, -0.2) is 23.8 Å². The van der Waals surface area contributed by atoms with E-state index >= 15 is 0 Å². The molecule has 5 aromatic heterocycles. The Labute approximate surface area is 303 Å². The molecule has 0 amide bonds. The lowest BCUT2D eigenvalue weighted by molar-refractivity contribution is -0.138. The first-order chi connectivity index (χ1) is 25.0. The molecule has 0 spiro atoms. The second kappa shape index (κ2) is 15.7. The van der Waals surface area contributed by atoms with Crippen molar-refractivity contribution in [1.29, 1.82) is 0 Å². The average Bonchev–Trinajstić information content (AvgIpc) is 3.70. The van der Waals surface area contributed by atoms with Crippen molar-refractivity contribution in [2.24, 2.45) is 0 Å². The van der Waals surface area contributed by atoms with Gasteiger partial charge in [0.25, 0.3) is 0 Å². The van der Waals surface area contributed by atoms with E-state index in [2.05, 4.69) is 38.6 Å². The summed E-state index contributed by atoms with van der Waals surface area (Å²) in [4.78, 5) is 13.3. The van der Waals surface area contributed by atoms with E-state index in [1.807, 2.05) is 65.2 Å². The number of benzene rings is 2. The number of hydrogen-bond donors (Lipinski definition) is 0. The van der Waals surface area contributed by atoms with E-state index in [0.717, 1.165) is 40.6 Å². The second-order valence-electron chi connectivity index (χ2n) is 10.9. The van der Waals surface area contributed by atoms with Crippen LogP contribution in [0.15, 0.2) is 127 Å². The molecule has 7 rings (SSSR count). The minimum Gasteiger partial charge on any atom is -0.293 e. The van der Waals surface area contributed by atoms with Crippen molar-refractivity contribution in [2.45, 2.75) is 29.0 Å². The smallest absolute Gasteiger partial charge is 0.293 e. The first-order valence-corrected chi connectivity index (χ1v) is 16.9. The molecule has 13 heteroatoms. The van der Waals surface area contributed by atoms with Gasteiger partial charge in [0.05, 0.1) is 33.4 Å². The van der Waals surface area contributed by atoms with Crippen molar-refractivity contribution in [3.8, 4) is 23.7 Å². The molecule has 0 fully saturated rings. The van der Waals surface area contributed by atoms with Crippen LogP contribution in [0.3, 0.4) is 0 Å². The van der Waals surface area contributed by atoms with Crippen LogP contribution in [0, 0.1) is 23.7 Å². The Morgan fingerprint density at radius 1 is 0.596 bits per heavy atom. The standard InChI is InChI=1S/C22H14F3N3S.C17H10ClF3N2/c23-22(24,25)17-7-5-6-16(14-17)10-11-19-18(15-29-21-9-1-3-12-26-21)27-20-8-2-4-13-28(19)20;18-11-14-15(23-9-2-1-6-16(23)22-14)8-7-12-4-3-5-13(10-12)17(19,20)21/h1-9,12-14H,15H2;1-6,9-10H,11H2. The van der Waals surface area contributed by atoms with Crippen LogP contribution in [-0.2, 0) is 24.0 Å². The fourth-order valence-corrected chi connectivity index (χ4v) is 5.91. The maximum Gasteiger partial charge on any atom is 0.416 e. The Balaban J connectivity index is 0.000000183. The molecule has 0 bridgehead atoms. The molecule has 0 radical (unpaired) electrons. The summed E-state index contributed by atoms with van der Waals surface area (Å²) in [5.74, 6) is 12.2. The van der Waals surface area contributed by atoms with E-state index in [0.29, 0.717) is 34.0 Å². The first kappa shape index (κ1) is 36.1. The van der Waals surface area contributed by atoms with Crippen LogP contribution < -0.4 is 0 Å². The number of nitrogens with zero attached hydrogens (tertiary/aromatic N) is 5. The topological polar surface area (TPSA) is 47.5 Å². The molecule has 260 valence electrons. The highest BCUT2D eigenvalue weighted by Crippen LogP contribution is 2.30. The molecule has 7 aromatic rings. The fourth-order valence-electron chi connectivity index (χ4n) is 4.93. The van der Waals surface area contributed by atoms with Gasteiger partial charge in [0.15, 0.2) is 0 Å². The highest BCUT2D eigenvalue weighted by atomic mass is 35.5. The average molecular weight is 744 g/mol. The first-order valence-electron chi connectivity index (χ1n) is 15.4. The van der Waals surface area contributed by atoms with Crippen LogP contribution in [0.5, 0.6) is 0 Å². The van der Waals surface area contributed by atoms with Gasteiger partial charge in [-0.1, -0.05) is 53.9 Å². The molecule has 5 nitrogen and oxygen atoms in total. The third-order valence-corrected chi connectivity index (χ3v) is 8.56. The number of alkyl halides is 7. The monoisotopic (exact) mass is 743 g/mol. The van der Waals surface area contributed by atoms with E-state index in [1.54, 1.807) is 22.9 Å². The van der Waals surface area contributed by atoms with Gasteiger partial charge in [-0.15, -0.1) is 11.6 Å². The molecule has 0 aliphatic heterocycles. The van der Waals surface area contributed by atoms with Crippen molar-refractivity contribution < 1.29 is 26.3 Å². The Hall–Kier alpha value is -5.69. The Morgan fingerprint density at radius 2 is 1.12 bits per heavy atom. The van der Waals surface area contributed by atoms with E-state index in [4.69, 9.17) is 11.6 Å². The van der Waals surface area contributed by atoms with Crippen molar-refractivity contribution >= 4 is 34.7 Å². The summed E-state index contributed by atoms with van der Waals surface area (Å²) in [5, 5.41) is 0.862. The number of pyridine rings is 3. The summed E-state index contributed by atoms with van der Waals surface area (Å²) in [6.07, 6.45) is -3.43. The van der Waals surface area contributed by atoms with Crippen molar-refractivity contribution in [3.63, 3.8) is 0 Å². The zero-order valence-corrected chi connectivity index (χ0v) is 28.3. The summed E-state index contributed by atoms with van der Waals surface area (Å²) in [6.45, 7) is 0. The molecular formula is C39H24ClF6N5S. The lowest BCUT2D eigenvalue weighted by atomic mass is 10.1. The summed E-state index contributed by atoms with van der Waals surface area (Å²) >= 11 is 7.40. The predicted molar refractivity (Wildman–Crippen MR) is 189 cm³/mol. The van der Waals surface area contributed by atoms with Crippen LogP contribution in [0.4, 0.5) is 26.3 Å². The Bertz CT molecular complexity index is 2470. The van der Waals surface area contributed by atoms with Gasteiger partial charge in [0.2, 0.25) is 0 Å². The SMILES string of the molecule is FC(F)(F)c1cccc(C#Cc2c(CCl)nc3ccccn23)c1.FC(F)(F)c1cccc(C#Cc2c(CSc3ccccn3)nc3ccccn23)c1. The lowest BCUT2D eigenvalue weighted by Gasteiger charge is -2.05. The molecule has 0 saturated carbocycles. The predicted octanol–water partition coefficient (Wildman–Crippen LogP) is 9.93. The third kappa shape index (κ3) is 8.78. The van der Waals surface area contributed by atoms with Gasteiger partial charge in [-0.05, 0) is 84.6 Å². The molecule has 0 saturated heterocycles. The van der Waals surface area contributed by atoms with Crippen molar-refractivity contribution in [3.05, 3.63) is 167 Å². The molecule has 0 aliphatic carbocycles. The minimum absolute atomic E-state index is 0.175. The van der Waals surface area contributed by atoms with E-state index in [9.17, 15) is 26.3 Å². The molecule has 0 unspecified atom stereocenters. The van der Waals surface area contributed by atoms with Crippen molar-refractivity contribution in [1.82, 2.24) is 23.8 Å². The largest absolute Gasteiger partial charge is 0.416 e. The van der Waals surface area contributed by atoms with Gasteiger partial charge in [0, 0.05) is 35.5 Å². The number of rotatable bonds is 4. The number of halogens is 7. The van der Waals surface area contributed by atoms with Gasteiger partial charge >= 0.3 is 12.4 Å². The van der Waals surface area contributed by atoms with Crippen LogP contribution in [0.1, 0.15) is 45.0 Å². The Morgan fingerprint density at radius 3 is 1.62 bits per heavy atom. The van der Waals surface area contributed by atoms with Crippen LogP contribution >= 0.6 is 23.4 Å². The molecular weight excluding hydrogens is 720 g/mol. The van der Waals surface area contributed by atoms with E-state index in [1.165, 1.54) is 30.0 Å². The molecule has 0 atom stereocenters. The summed E-state index contributed by atoms with van der Waals surface area (Å²) in [5.41, 5.74) is 3.15. The quantitative estimate of drug-likeness (QED) is 0.0780. The maximum absolute atomic E-state index is 12.9. The Kier molecular flexibility index (Phi) is 10.9. The van der Waals surface area contributed by atoms with Crippen LogP contribution in [0.25, 0.3) is 11.3 Å². The number of hydrogen-bond acceptors (Lipinski definition) is 4. The normalized spacial score (nSPS) is 11.3. The van der Waals surface area contributed by atoms with Crippen molar-refractivity contribution in [2.75, 3.05) is 0 Å². The van der Waals surface area contributed by atoms with Gasteiger partial charge in [0.1, 0.15) is 22.7 Å². The van der Waals surface area contributed by atoms with Gasteiger partial charge in [-0.25, -0.2) is 15.0 Å². The summed E-state index contributed by atoms with van der Waals surface area (Å²) in [7, 11) is 0. The van der Waals surface area contributed by atoms with Crippen LogP contribution in [0.2, 0.25) is 0 Å². The van der Waals surface area contributed by atoms with Gasteiger partial charge in [-0.3, -0.25) is 8.80 Å². The molecule has 0 aliphatic rings.